The zero-order valence-corrected chi connectivity index (χ0v) is 8.14. The predicted molar refractivity (Wildman–Crippen MR) is 49.9 cm³/mol. The lowest BCUT2D eigenvalue weighted by atomic mass is 9.77. The van der Waals surface area contributed by atoms with E-state index in [0.717, 1.165) is 17.8 Å². The molecule has 0 bridgehead atoms. The van der Waals surface area contributed by atoms with Crippen LogP contribution >= 0.6 is 0 Å². The van der Waals surface area contributed by atoms with Gasteiger partial charge in [0, 0.05) is 23.8 Å². The van der Waals surface area contributed by atoms with Crippen molar-refractivity contribution in [2.75, 3.05) is 0 Å². The van der Waals surface area contributed by atoms with Crippen molar-refractivity contribution in [1.29, 1.82) is 0 Å². The lowest BCUT2D eigenvalue weighted by Crippen LogP contribution is -2.24. The number of hydrogen-bond acceptors (Lipinski definition) is 2. The number of ketones is 1. The van der Waals surface area contributed by atoms with Gasteiger partial charge in [-0.3, -0.25) is 4.79 Å². The van der Waals surface area contributed by atoms with Crippen LogP contribution in [0.1, 0.15) is 33.1 Å². The van der Waals surface area contributed by atoms with E-state index in [0.29, 0.717) is 18.6 Å². The zero-order chi connectivity index (χ0) is 9.64. The van der Waals surface area contributed by atoms with Gasteiger partial charge in [-0.2, -0.15) is 0 Å². The Morgan fingerprint density at radius 1 is 1.46 bits per heavy atom. The summed E-state index contributed by atoms with van der Waals surface area (Å²) < 4.78 is 5.52. The molecule has 2 rings (SSSR count). The highest BCUT2D eigenvalue weighted by molar-refractivity contribution is 5.97. The third kappa shape index (κ3) is 1.21. The van der Waals surface area contributed by atoms with Gasteiger partial charge in [-0.1, -0.05) is 20.4 Å². The molecule has 0 saturated carbocycles. The highest BCUT2D eigenvalue weighted by Crippen LogP contribution is 2.45. The van der Waals surface area contributed by atoms with Gasteiger partial charge in [-0.15, -0.1) is 0 Å². The van der Waals surface area contributed by atoms with Crippen LogP contribution in [0.3, 0.4) is 0 Å². The highest BCUT2D eigenvalue weighted by Gasteiger charge is 2.39. The molecule has 70 valence electrons. The summed E-state index contributed by atoms with van der Waals surface area (Å²) in [6.07, 6.45) is 2.16. The second kappa shape index (κ2) is 2.47. The largest absolute Gasteiger partial charge is 0.465 e. The van der Waals surface area contributed by atoms with E-state index < -0.39 is 0 Å². The third-order valence-electron chi connectivity index (χ3n) is 2.82. The second-order valence-electron chi connectivity index (χ2n) is 4.43. The monoisotopic (exact) mass is 178 g/mol. The summed E-state index contributed by atoms with van der Waals surface area (Å²) in [6.45, 7) is 8.00. The molecule has 1 heterocycles. The molecule has 0 radical (unpaired) electrons. The van der Waals surface area contributed by atoms with Crippen LogP contribution in [0, 0.1) is 5.41 Å². The lowest BCUT2D eigenvalue weighted by molar-refractivity contribution is -0.117. The number of carbonyl (C=O) groups excluding carboxylic acids is 1. The van der Waals surface area contributed by atoms with Crippen LogP contribution in [0.5, 0.6) is 0 Å². The van der Waals surface area contributed by atoms with Crippen molar-refractivity contribution >= 4 is 5.78 Å². The van der Waals surface area contributed by atoms with Crippen molar-refractivity contribution in [2.24, 2.45) is 5.41 Å². The summed E-state index contributed by atoms with van der Waals surface area (Å²) in [7, 11) is 0. The van der Waals surface area contributed by atoms with Gasteiger partial charge in [-0.25, -0.2) is 0 Å². The molecular weight excluding hydrogens is 164 g/mol. The van der Waals surface area contributed by atoms with Crippen molar-refractivity contribution in [1.82, 2.24) is 0 Å². The van der Waals surface area contributed by atoms with Crippen molar-refractivity contribution in [3.8, 4) is 0 Å². The molecule has 2 nitrogen and oxygen atoms in total. The Kier molecular flexibility index (Phi) is 1.62. The minimum atomic E-state index is 0.0166. The van der Waals surface area contributed by atoms with E-state index in [-0.39, 0.29) is 11.2 Å². The predicted octanol–water partition coefficient (Wildman–Crippen LogP) is 2.56. The maximum atomic E-state index is 11.5. The fraction of sp³-hybridized carbons (Fsp3) is 0.545. The Morgan fingerprint density at radius 3 is 2.77 bits per heavy atom. The van der Waals surface area contributed by atoms with E-state index in [9.17, 15) is 4.79 Å². The van der Waals surface area contributed by atoms with Gasteiger partial charge in [-0.05, 0) is 6.42 Å². The molecule has 1 aliphatic heterocycles. The summed E-state index contributed by atoms with van der Waals surface area (Å²) in [6, 6.07) is 0. The van der Waals surface area contributed by atoms with Crippen LogP contribution in [0.4, 0.5) is 0 Å². The van der Waals surface area contributed by atoms with Crippen molar-refractivity contribution in [2.45, 2.75) is 33.1 Å². The number of allylic oxidation sites excluding steroid dienone is 2. The number of Topliss-reactive ketones (excluding diaryl/α,β-unsaturated/α-hetero) is 1. The van der Waals surface area contributed by atoms with E-state index in [1.54, 1.807) is 0 Å². The molecule has 0 spiro atoms. The lowest BCUT2D eigenvalue weighted by Gasteiger charge is -2.29. The average Bonchev–Trinajstić information content (AvgIpc) is 2.42. The van der Waals surface area contributed by atoms with Gasteiger partial charge in [0.05, 0.1) is 0 Å². The van der Waals surface area contributed by atoms with Crippen LogP contribution in [-0.4, -0.2) is 5.78 Å². The SMILES string of the molecule is C=C1CC2=C(O1)C(C)(C)CCC2=O. The average molecular weight is 178 g/mol. The number of ether oxygens (including phenoxy) is 1. The van der Waals surface area contributed by atoms with Crippen LogP contribution < -0.4 is 0 Å². The standard InChI is InChI=1S/C11H14O2/c1-7-6-8-9(12)4-5-11(2,3)10(8)13-7/h1,4-6H2,2-3H3. The van der Waals surface area contributed by atoms with Gasteiger partial charge < -0.3 is 4.74 Å². The molecule has 0 unspecified atom stereocenters. The van der Waals surface area contributed by atoms with E-state index in [1.165, 1.54) is 0 Å². The van der Waals surface area contributed by atoms with E-state index >= 15 is 0 Å². The van der Waals surface area contributed by atoms with Gasteiger partial charge in [0.15, 0.2) is 5.78 Å². The van der Waals surface area contributed by atoms with Gasteiger partial charge in [0.2, 0.25) is 0 Å². The van der Waals surface area contributed by atoms with E-state index in [2.05, 4.69) is 20.4 Å². The Morgan fingerprint density at radius 2 is 2.15 bits per heavy atom. The Labute approximate surface area is 78.3 Å². The van der Waals surface area contributed by atoms with Crippen molar-refractivity contribution < 1.29 is 9.53 Å². The fourth-order valence-electron chi connectivity index (χ4n) is 1.98. The van der Waals surface area contributed by atoms with E-state index in [1.807, 2.05) is 0 Å². The topological polar surface area (TPSA) is 26.3 Å². The van der Waals surface area contributed by atoms with Gasteiger partial charge in [0.25, 0.3) is 0 Å². The summed E-state index contributed by atoms with van der Waals surface area (Å²) in [5.74, 6) is 1.83. The molecule has 0 fully saturated rings. The Bertz CT molecular complexity index is 321. The first-order valence-electron chi connectivity index (χ1n) is 4.63. The first-order valence-corrected chi connectivity index (χ1v) is 4.63. The minimum absolute atomic E-state index is 0.0166. The Balaban J connectivity index is 2.45. The molecule has 0 N–H and O–H groups in total. The number of carbonyl (C=O) groups is 1. The first-order chi connectivity index (χ1) is 6.00. The van der Waals surface area contributed by atoms with Crippen LogP contribution in [0.15, 0.2) is 23.7 Å². The van der Waals surface area contributed by atoms with Crippen molar-refractivity contribution in [3.05, 3.63) is 23.7 Å². The van der Waals surface area contributed by atoms with Crippen molar-refractivity contribution in [3.63, 3.8) is 0 Å². The van der Waals surface area contributed by atoms with E-state index in [4.69, 9.17) is 4.74 Å². The molecule has 0 aromatic heterocycles. The van der Waals surface area contributed by atoms with Crippen LogP contribution in [0.25, 0.3) is 0 Å². The zero-order valence-electron chi connectivity index (χ0n) is 8.14. The molecule has 2 aliphatic rings. The summed E-state index contributed by atoms with van der Waals surface area (Å²) >= 11 is 0. The summed E-state index contributed by atoms with van der Waals surface area (Å²) in [4.78, 5) is 11.5. The maximum Gasteiger partial charge on any atom is 0.162 e. The fourth-order valence-corrected chi connectivity index (χ4v) is 1.98. The molecule has 0 aromatic rings. The molecule has 1 aliphatic carbocycles. The van der Waals surface area contributed by atoms with Crippen LogP contribution in [0.2, 0.25) is 0 Å². The molecular formula is C11H14O2. The second-order valence-corrected chi connectivity index (χ2v) is 4.43. The van der Waals surface area contributed by atoms with Gasteiger partial charge >= 0.3 is 0 Å². The highest BCUT2D eigenvalue weighted by atomic mass is 16.5. The van der Waals surface area contributed by atoms with Gasteiger partial charge in [0.1, 0.15) is 11.5 Å². The first kappa shape index (κ1) is 8.54. The number of rotatable bonds is 0. The quantitative estimate of drug-likeness (QED) is 0.569. The molecule has 0 amide bonds. The third-order valence-corrected chi connectivity index (χ3v) is 2.82. The maximum absolute atomic E-state index is 11.5. The summed E-state index contributed by atoms with van der Waals surface area (Å²) in [5, 5.41) is 0. The normalized spacial score (nSPS) is 26.0. The Hall–Kier alpha value is -1.05. The molecule has 0 atom stereocenters. The molecule has 13 heavy (non-hydrogen) atoms. The molecule has 2 heteroatoms. The smallest absolute Gasteiger partial charge is 0.162 e. The van der Waals surface area contributed by atoms with Crippen LogP contribution in [-0.2, 0) is 9.53 Å². The minimum Gasteiger partial charge on any atom is -0.465 e. The molecule has 0 saturated heterocycles. The summed E-state index contributed by atoms with van der Waals surface area (Å²) in [5.41, 5.74) is 0.879. The molecule has 0 aromatic carbocycles. The number of hydrogen-bond donors (Lipinski definition) is 0.